The van der Waals surface area contributed by atoms with Gasteiger partial charge in [0.15, 0.2) is 14.9 Å². The fourth-order valence-electron chi connectivity index (χ4n) is 1.26. The number of nitrogens with one attached hydrogen (secondary N) is 1. The van der Waals surface area contributed by atoms with Gasteiger partial charge in [-0.1, -0.05) is 0 Å². The van der Waals surface area contributed by atoms with Crippen molar-refractivity contribution in [2.24, 2.45) is 0 Å². The van der Waals surface area contributed by atoms with E-state index in [0.29, 0.717) is 6.26 Å². The van der Waals surface area contributed by atoms with Gasteiger partial charge < -0.3 is 9.84 Å². The Balaban J connectivity index is 4.71. The summed E-state index contributed by atoms with van der Waals surface area (Å²) in [5, 5.41) is 7.63. The summed E-state index contributed by atoms with van der Waals surface area (Å²) < 4.78 is 51.1. The van der Waals surface area contributed by atoms with Crippen molar-refractivity contribution in [3.05, 3.63) is 0 Å². The Bertz CT molecular complexity index is 550. The van der Waals surface area contributed by atoms with E-state index in [4.69, 9.17) is 5.11 Å². The van der Waals surface area contributed by atoms with Crippen LogP contribution in [0.3, 0.4) is 0 Å². The number of rotatable bonds is 9. The fraction of sp³-hybridized carbons (Fsp3) is 0.778. The average Bonchev–Trinajstić information content (AvgIpc) is 2.20. The molecule has 0 aliphatic heterocycles. The lowest BCUT2D eigenvalue weighted by molar-refractivity contribution is -0.144. The molecule has 0 saturated carbocycles. The summed E-state index contributed by atoms with van der Waals surface area (Å²) in [6, 6.07) is -1.59. The number of carboxylic acid groups (broad SMARTS) is 1. The first-order valence-electron chi connectivity index (χ1n) is 5.53. The van der Waals surface area contributed by atoms with Crippen LogP contribution in [0.5, 0.6) is 0 Å². The van der Waals surface area contributed by atoms with Crippen molar-refractivity contribution >= 4 is 31.8 Å². The average molecular weight is 331 g/mol. The van der Waals surface area contributed by atoms with Gasteiger partial charge in [-0.05, 0) is 13.3 Å². The van der Waals surface area contributed by atoms with Crippen LogP contribution in [0.15, 0.2) is 0 Å². The molecule has 0 aromatic carbocycles. The van der Waals surface area contributed by atoms with Crippen LogP contribution in [0.25, 0.3) is 0 Å². The van der Waals surface area contributed by atoms with Crippen molar-refractivity contribution in [2.75, 3.05) is 17.9 Å². The molecule has 2 N–H and O–H groups in total. The number of ether oxygens (including phenoxy) is 1. The summed E-state index contributed by atoms with van der Waals surface area (Å²) in [6.07, 6.45) is 0.0734. The van der Waals surface area contributed by atoms with Gasteiger partial charge in [0.1, 0.15) is 6.04 Å². The number of esters is 1. The van der Waals surface area contributed by atoms with Gasteiger partial charge in [-0.15, -0.1) is 0 Å². The van der Waals surface area contributed by atoms with Gasteiger partial charge in [-0.25, -0.2) is 21.6 Å². The van der Waals surface area contributed by atoms with Crippen molar-refractivity contribution in [1.82, 2.24) is 4.72 Å². The third-order valence-electron chi connectivity index (χ3n) is 1.93. The summed E-state index contributed by atoms with van der Waals surface area (Å²) in [5.41, 5.74) is 0. The number of carbonyl (C=O) groups is 2. The van der Waals surface area contributed by atoms with Gasteiger partial charge in [0.05, 0.1) is 6.61 Å². The van der Waals surface area contributed by atoms with E-state index >= 15 is 0 Å². The summed E-state index contributed by atoms with van der Waals surface area (Å²) in [6.45, 7) is 1.69. The molecule has 20 heavy (non-hydrogen) atoms. The zero-order valence-corrected chi connectivity index (χ0v) is 12.7. The molecule has 118 valence electrons. The van der Waals surface area contributed by atoms with E-state index < -0.39 is 42.9 Å². The van der Waals surface area contributed by atoms with Crippen molar-refractivity contribution in [1.29, 1.82) is 0 Å². The maximum absolute atomic E-state index is 11.5. The minimum absolute atomic E-state index is 0.121. The minimum Gasteiger partial charge on any atom is -0.480 e. The van der Waals surface area contributed by atoms with Gasteiger partial charge in [0.2, 0.25) is 10.0 Å². The molecule has 0 unspecified atom stereocenters. The zero-order valence-electron chi connectivity index (χ0n) is 11.0. The maximum Gasteiger partial charge on any atom is 0.321 e. The van der Waals surface area contributed by atoms with Crippen LogP contribution in [0.4, 0.5) is 0 Å². The molecule has 0 heterocycles. The highest BCUT2D eigenvalue weighted by Gasteiger charge is 2.27. The Labute approximate surface area is 117 Å². The Morgan fingerprint density at radius 2 is 1.80 bits per heavy atom. The summed E-state index contributed by atoms with van der Waals surface area (Å²) in [5.74, 6) is -2.17. The van der Waals surface area contributed by atoms with Crippen LogP contribution in [0.2, 0.25) is 0 Å². The van der Waals surface area contributed by atoms with E-state index in [0.717, 1.165) is 0 Å². The Morgan fingerprint density at radius 1 is 1.25 bits per heavy atom. The standard InChI is InChI=1S/C9H17NO8S2/c1-3-18-8(11)5-4-7(9(12)13)10-20(16,17)6-19(2,14)15/h7,10H,3-6H2,1-2H3,(H,12,13)/t7-/m0/s1. The van der Waals surface area contributed by atoms with E-state index in [-0.39, 0.29) is 19.4 Å². The summed E-state index contributed by atoms with van der Waals surface area (Å²) in [4.78, 5) is 22.0. The van der Waals surface area contributed by atoms with Crippen LogP contribution in [0.1, 0.15) is 19.8 Å². The molecule has 0 rings (SSSR count). The molecular weight excluding hydrogens is 314 g/mol. The lowest BCUT2D eigenvalue weighted by atomic mass is 10.2. The zero-order chi connectivity index (χ0) is 16.0. The number of aliphatic carboxylic acids is 1. The molecule has 0 spiro atoms. The monoisotopic (exact) mass is 331 g/mol. The molecule has 0 saturated heterocycles. The van der Waals surface area contributed by atoms with E-state index in [1.165, 1.54) is 0 Å². The van der Waals surface area contributed by atoms with Crippen LogP contribution in [0, 0.1) is 0 Å². The predicted molar refractivity (Wildman–Crippen MR) is 69.1 cm³/mol. The minimum atomic E-state index is -4.31. The van der Waals surface area contributed by atoms with Gasteiger partial charge in [0.25, 0.3) is 0 Å². The van der Waals surface area contributed by atoms with E-state index in [1.54, 1.807) is 11.6 Å². The van der Waals surface area contributed by atoms with Gasteiger partial charge in [0, 0.05) is 12.7 Å². The fourth-order valence-corrected chi connectivity index (χ4v) is 4.44. The summed E-state index contributed by atoms with van der Waals surface area (Å²) >= 11 is 0. The highest BCUT2D eigenvalue weighted by molar-refractivity contribution is 8.06. The molecule has 0 fully saturated rings. The highest BCUT2D eigenvalue weighted by atomic mass is 32.3. The first-order chi connectivity index (χ1) is 8.97. The Hall–Kier alpha value is -1.20. The number of carbonyl (C=O) groups excluding carboxylic acids is 1. The SMILES string of the molecule is CCOC(=O)CC[C@H](NS(=O)(=O)CS(C)(=O)=O)C(=O)O. The molecular formula is C9H17NO8S2. The van der Waals surface area contributed by atoms with Crippen molar-refractivity contribution < 1.29 is 36.3 Å². The topological polar surface area (TPSA) is 144 Å². The third kappa shape index (κ3) is 8.82. The highest BCUT2D eigenvalue weighted by Crippen LogP contribution is 2.03. The Morgan fingerprint density at radius 3 is 2.20 bits per heavy atom. The lowest BCUT2D eigenvalue weighted by Gasteiger charge is -2.13. The molecule has 0 aromatic rings. The first-order valence-corrected chi connectivity index (χ1v) is 9.24. The van der Waals surface area contributed by atoms with Crippen LogP contribution in [-0.4, -0.2) is 57.9 Å². The van der Waals surface area contributed by atoms with E-state index in [2.05, 4.69) is 4.74 Å². The molecule has 11 heteroatoms. The second-order valence-corrected chi connectivity index (χ2v) is 8.27. The smallest absolute Gasteiger partial charge is 0.321 e. The first kappa shape index (κ1) is 18.8. The van der Waals surface area contributed by atoms with E-state index in [9.17, 15) is 26.4 Å². The molecule has 0 aliphatic carbocycles. The van der Waals surface area contributed by atoms with Crippen molar-refractivity contribution in [3.63, 3.8) is 0 Å². The quantitative estimate of drug-likeness (QED) is 0.496. The number of sulfone groups is 1. The van der Waals surface area contributed by atoms with Crippen molar-refractivity contribution in [3.8, 4) is 0 Å². The lowest BCUT2D eigenvalue weighted by Crippen LogP contribution is -2.43. The third-order valence-corrected chi connectivity index (χ3v) is 5.53. The molecule has 9 nitrogen and oxygen atoms in total. The van der Waals surface area contributed by atoms with Crippen molar-refractivity contribution in [2.45, 2.75) is 25.8 Å². The largest absolute Gasteiger partial charge is 0.480 e. The Kier molecular flexibility index (Phi) is 7.09. The molecule has 1 atom stereocenters. The number of carboxylic acids is 1. The number of hydrogen-bond donors (Lipinski definition) is 2. The second-order valence-electron chi connectivity index (χ2n) is 4.01. The molecule has 0 amide bonds. The molecule has 0 radical (unpaired) electrons. The van der Waals surface area contributed by atoms with Gasteiger partial charge in [-0.3, -0.25) is 9.59 Å². The van der Waals surface area contributed by atoms with Crippen LogP contribution in [-0.2, 0) is 34.2 Å². The van der Waals surface area contributed by atoms with Gasteiger partial charge >= 0.3 is 11.9 Å². The normalized spacial score (nSPS) is 13.7. The maximum atomic E-state index is 11.5. The van der Waals surface area contributed by atoms with Crippen LogP contribution < -0.4 is 4.72 Å². The molecule has 0 aliphatic rings. The van der Waals surface area contributed by atoms with Gasteiger partial charge in [-0.2, -0.15) is 0 Å². The number of sulfonamides is 1. The second kappa shape index (κ2) is 7.55. The van der Waals surface area contributed by atoms with E-state index in [1.807, 2.05) is 0 Å². The predicted octanol–water partition coefficient (Wildman–Crippen LogP) is -1.30. The molecule has 0 bridgehead atoms. The molecule has 0 aromatic heterocycles. The summed E-state index contributed by atoms with van der Waals surface area (Å²) in [7, 11) is -8.14. The number of hydrogen-bond acceptors (Lipinski definition) is 7. The van der Waals surface area contributed by atoms with Crippen LogP contribution >= 0.6 is 0 Å².